The standard InChI is InChI=1S/C22H29NO4S/c1-22(2,3)12-11-15-13-17(19(28-15)21(26)27)23-16(9-10-18(24)20(23)25)14-7-5-4-6-8-14/h13-14,16,18,24H,4-10H2,1-3H3,(H,26,27)/t16-,18-/m0/s1. The fourth-order valence-corrected chi connectivity index (χ4v) is 5.03. The number of aliphatic hydroxyl groups excluding tert-OH is 1. The van der Waals surface area contributed by atoms with Gasteiger partial charge in [-0.15, -0.1) is 11.3 Å². The van der Waals surface area contributed by atoms with Crippen LogP contribution in [0.5, 0.6) is 0 Å². The summed E-state index contributed by atoms with van der Waals surface area (Å²) in [5.41, 5.74) is 0.199. The normalized spacial score (nSPS) is 24.0. The van der Waals surface area contributed by atoms with Gasteiger partial charge in [0, 0.05) is 11.5 Å². The summed E-state index contributed by atoms with van der Waals surface area (Å²) in [6.07, 6.45) is 5.68. The molecule has 2 N–H and O–H groups in total. The van der Waals surface area contributed by atoms with Gasteiger partial charge < -0.3 is 15.1 Å². The van der Waals surface area contributed by atoms with Crippen LogP contribution in [0.15, 0.2) is 6.07 Å². The van der Waals surface area contributed by atoms with Crippen LogP contribution in [0.2, 0.25) is 0 Å². The lowest BCUT2D eigenvalue weighted by Crippen LogP contribution is -2.54. The van der Waals surface area contributed by atoms with Crippen LogP contribution in [0.1, 0.15) is 80.3 Å². The van der Waals surface area contributed by atoms with E-state index in [1.54, 1.807) is 11.0 Å². The van der Waals surface area contributed by atoms with Gasteiger partial charge in [-0.2, -0.15) is 0 Å². The minimum absolute atomic E-state index is 0.0488. The van der Waals surface area contributed by atoms with Crippen LogP contribution in [0.25, 0.3) is 0 Å². The molecular formula is C22H29NO4S. The van der Waals surface area contributed by atoms with Gasteiger partial charge in [0.1, 0.15) is 11.0 Å². The molecule has 2 heterocycles. The van der Waals surface area contributed by atoms with Gasteiger partial charge in [-0.3, -0.25) is 4.79 Å². The molecule has 1 aromatic heterocycles. The number of carbonyl (C=O) groups excluding carboxylic acids is 1. The SMILES string of the molecule is CC(C)(C)C#Cc1cc(N2C(=O)[C@@H](O)CC[C@H]2C2CCCCC2)c(C(=O)O)s1. The van der Waals surface area contributed by atoms with Gasteiger partial charge in [0.15, 0.2) is 0 Å². The summed E-state index contributed by atoms with van der Waals surface area (Å²) < 4.78 is 0. The van der Waals surface area contributed by atoms with Gasteiger partial charge >= 0.3 is 5.97 Å². The lowest BCUT2D eigenvalue weighted by molar-refractivity contribution is -0.129. The van der Waals surface area contributed by atoms with Crippen molar-refractivity contribution in [1.29, 1.82) is 0 Å². The highest BCUT2D eigenvalue weighted by Gasteiger charge is 2.41. The van der Waals surface area contributed by atoms with Crippen molar-refractivity contribution >= 4 is 28.9 Å². The summed E-state index contributed by atoms with van der Waals surface area (Å²) in [5, 5.41) is 20.0. The zero-order valence-electron chi connectivity index (χ0n) is 16.8. The van der Waals surface area contributed by atoms with E-state index in [-0.39, 0.29) is 22.2 Å². The molecule has 0 spiro atoms. The first-order chi connectivity index (χ1) is 13.2. The highest BCUT2D eigenvalue weighted by atomic mass is 32.1. The van der Waals surface area contributed by atoms with E-state index in [4.69, 9.17) is 0 Å². The Kier molecular flexibility index (Phi) is 6.16. The predicted molar refractivity (Wildman–Crippen MR) is 111 cm³/mol. The molecule has 0 bridgehead atoms. The summed E-state index contributed by atoms with van der Waals surface area (Å²) in [7, 11) is 0. The van der Waals surface area contributed by atoms with Crippen LogP contribution >= 0.6 is 11.3 Å². The molecule has 1 saturated carbocycles. The number of carbonyl (C=O) groups is 2. The summed E-state index contributed by atoms with van der Waals surface area (Å²) in [6.45, 7) is 5.99. The molecule has 1 aromatic rings. The van der Waals surface area contributed by atoms with Crippen molar-refractivity contribution in [3.8, 4) is 11.8 Å². The van der Waals surface area contributed by atoms with Crippen molar-refractivity contribution in [2.45, 2.75) is 77.9 Å². The number of hydrogen-bond acceptors (Lipinski definition) is 4. The number of aromatic carboxylic acids is 1. The van der Waals surface area contributed by atoms with Gasteiger partial charge in [-0.05, 0) is 58.4 Å². The van der Waals surface area contributed by atoms with Crippen molar-refractivity contribution in [1.82, 2.24) is 0 Å². The number of carboxylic acid groups (broad SMARTS) is 1. The first kappa shape index (κ1) is 20.9. The zero-order valence-corrected chi connectivity index (χ0v) is 17.6. The first-order valence-corrected chi connectivity index (χ1v) is 10.9. The van der Waals surface area contributed by atoms with Crippen molar-refractivity contribution < 1.29 is 19.8 Å². The van der Waals surface area contributed by atoms with Crippen LogP contribution in [0.3, 0.4) is 0 Å². The van der Waals surface area contributed by atoms with E-state index < -0.39 is 12.1 Å². The summed E-state index contributed by atoms with van der Waals surface area (Å²) in [4.78, 5) is 27.2. The molecule has 0 aromatic carbocycles. The highest BCUT2D eigenvalue weighted by Crippen LogP contribution is 2.40. The third kappa shape index (κ3) is 4.59. The number of hydrogen-bond donors (Lipinski definition) is 2. The highest BCUT2D eigenvalue weighted by molar-refractivity contribution is 7.15. The summed E-state index contributed by atoms with van der Waals surface area (Å²) in [6, 6.07) is 1.67. The minimum Gasteiger partial charge on any atom is -0.477 e. The molecule has 3 rings (SSSR count). The van der Waals surface area contributed by atoms with Gasteiger partial charge in [-0.25, -0.2) is 4.79 Å². The molecule has 2 fully saturated rings. The molecule has 0 radical (unpaired) electrons. The number of rotatable bonds is 3. The molecule has 152 valence electrons. The van der Waals surface area contributed by atoms with E-state index in [1.165, 1.54) is 6.42 Å². The van der Waals surface area contributed by atoms with Crippen LogP contribution < -0.4 is 4.90 Å². The van der Waals surface area contributed by atoms with E-state index in [2.05, 4.69) is 11.8 Å². The fourth-order valence-electron chi connectivity index (χ4n) is 4.19. The Bertz CT molecular complexity index is 805. The third-order valence-electron chi connectivity index (χ3n) is 5.51. The molecular weight excluding hydrogens is 374 g/mol. The Labute approximate surface area is 170 Å². The van der Waals surface area contributed by atoms with E-state index in [0.29, 0.717) is 29.3 Å². The van der Waals surface area contributed by atoms with Crippen LogP contribution in [-0.2, 0) is 4.79 Å². The molecule has 2 atom stereocenters. The van der Waals surface area contributed by atoms with Crippen LogP contribution in [-0.4, -0.2) is 34.2 Å². The number of nitrogens with zero attached hydrogens (tertiary/aromatic N) is 1. The molecule has 6 heteroatoms. The van der Waals surface area contributed by atoms with Crippen molar-refractivity contribution in [3.63, 3.8) is 0 Å². The number of aliphatic hydroxyl groups is 1. The Morgan fingerprint density at radius 2 is 1.86 bits per heavy atom. The minimum atomic E-state index is -1.06. The van der Waals surface area contributed by atoms with Crippen molar-refractivity contribution in [2.24, 2.45) is 11.3 Å². The zero-order chi connectivity index (χ0) is 20.5. The lowest BCUT2D eigenvalue weighted by Gasteiger charge is -2.43. The average molecular weight is 404 g/mol. The summed E-state index contributed by atoms with van der Waals surface area (Å²) in [5.74, 6) is 5.12. The maximum Gasteiger partial charge on any atom is 0.348 e. The number of piperidine rings is 1. The van der Waals surface area contributed by atoms with Crippen molar-refractivity contribution in [3.05, 3.63) is 15.8 Å². The monoisotopic (exact) mass is 403 g/mol. The molecule has 1 aliphatic carbocycles. The van der Waals surface area contributed by atoms with Gasteiger partial charge in [0.2, 0.25) is 0 Å². The molecule has 2 aliphatic rings. The maximum atomic E-state index is 12.9. The maximum absolute atomic E-state index is 12.9. The van der Waals surface area contributed by atoms with E-state index in [9.17, 15) is 19.8 Å². The molecule has 1 saturated heterocycles. The number of thiophene rings is 1. The van der Waals surface area contributed by atoms with E-state index >= 15 is 0 Å². The number of carboxylic acids is 1. The molecule has 0 unspecified atom stereocenters. The molecule has 28 heavy (non-hydrogen) atoms. The Hall–Kier alpha value is -1.84. The second-order valence-corrected chi connectivity index (χ2v) is 9.95. The smallest absolute Gasteiger partial charge is 0.348 e. The second kappa shape index (κ2) is 8.26. The number of amides is 1. The topological polar surface area (TPSA) is 77.8 Å². The first-order valence-electron chi connectivity index (χ1n) is 10.1. The second-order valence-electron chi connectivity index (χ2n) is 8.90. The molecule has 5 nitrogen and oxygen atoms in total. The van der Waals surface area contributed by atoms with E-state index in [1.807, 2.05) is 20.8 Å². The Balaban J connectivity index is 2.02. The van der Waals surface area contributed by atoms with Crippen LogP contribution in [0.4, 0.5) is 5.69 Å². The quantitative estimate of drug-likeness (QED) is 0.739. The fraction of sp³-hybridized carbons (Fsp3) is 0.636. The van der Waals surface area contributed by atoms with Gasteiger partial charge in [-0.1, -0.05) is 31.1 Å². The third-order valence-corrected chi connectivity index (χ3v) is 6.54. The predicted octanol–water partition coefficient (Wildman–Crippen LogP) is 4.28. The molecule has 1 aliphatic heterocycles. The Morgan fingerprint density at radius 1 is 1.18 bits per heavy atom. The Morgan fingerprint density at radius 3 is 2.46 bits per heavy atom. The molecule has 1 amide bonds. The van der Waals surface area contributed by atoms with E-state index in [0.717, 1.165) is 37.0 Å². The lowest BCUT2D eigenvalue weighted by atomic mass is 9.79. The van der Waals surface area contributed by atoms with Gasteiger partial charge in [0.25, 0.3) is 5.91 Å². The summed E-state index contributed by atoms with van der Waals surface area (Å²) >= 11 is 1.11. The van der Waals surface area contributed by atoms with Crippen molar-refractivity contribution in [2.75, 3.05) is 4.90 Å². The van der Waals surface area contributed by atoms with Gasteiger partial charge in [0.05, 0.1) is 10.6 Å². The number of anilines is 1. The largest absolute Gasteiger partial charge is 0.477 e. The average Bonchev–Trinajstić information content (AvgIpc) is 3.06. The van der Waals surface area contributed by atoms with Crippen LogP contribution in [0, 0.1) is 23.2 Å².